The van der Waals surface area contributed by atoms with Crippen molar-refractivity contribution in [2.24, 2.45) is 0 Å². The van der Waals surface area contributed by atoms with Gasteiger partial charge in [0.15, 0.2) is 0 Å². The lowest BCUT2D eigenvalue weighted by Crippen LogP contribution is -2.25. The van der Waals surface area contributed by atoms with Gasteiger partial charge in [-0.05, 0) is 18.9 Å². The molecule has 0 radical (unpaired) electrons. The SMILES string of the molecule is Nc1ccc(CNC2CCCC2)c(O)c1. The Morgan fingerprint density at radius 2 is 2.07 bits per heavy atom. The molecule has 0 spiro atoms. The molecule has 0 unspecified atom stereocenters. The Kier molecular flexibility index (Phi) is 3.11. The zero-order valence-electron chi connectivity index (χ0n) is 8.87. The van der Waals surface area contributed by atoms with E-state index in [0.717, 1.165) is 12.1 Å². The quantitative estimate of drug-likeness (QED) is 0.663. The first-order chi connectivity index (χ1) is 7.25. The van der Waals surface area contributed by atoms with Crippen LogP contribution in [0, 0.1) is 0 Å². The van der Waals surface area contributed by atoms with Gasteiger partial charge in [-0.15, -0.1) is 0 Å². The summed E-state index contributed by atoms with van der Waals surface area (Å²) >= 11 is 0. The molecule has 1 aliphatic rings. The number of phenols is 1. The number of hydrogen-bond acceptors (Lipinski definition) is 3. The monoisotopic (exact) mass is 206 g/mol. The zero-order chi connectivity index (χ0) is 10.7. The highest BCUT2D eigenvalue weighted by Crippen LogP contribution is 2.22. The van der Waals surface area contributed by atoms with Gasteiger partial charge >= 0.3 is 0 Å². The van der Waals surface area contributed by atoms with Crippen LogP contribution < -0.4 is 11.1 Å². The lowest BCUT2D eigenvalue weighted by atomic mass is 10.1. The van der Waals surface area contributed by atoms with Crippen molar-refractivity contribution < 1.29 is 5.11 Å². The van der Waals surface area contributed by atoms with Gasteiger partial charge < -0.3 is 16.2 Å². The summed E-state index contributed by atoms with van der Waals surface area (Å²) in [4.78, 5) is 0. The fourth-order valence-electron chi connectivity index (χ4n) is 2.11. The molecule has 3 nitrogen and oxygen atoms in total. The van der Waals surface area contributed by atoms with Crippen LogP contribution in [0.1, 0.15) is 31.2 Å². The van der Waals surface area contributed by atoms with Crippen molar-refractivity contribution >= 4 is 5.69 Å². The van der Waals surface area contributed by atoms with E-state index in [2.05, 4.69) is 5.32 Å². The largest absolute Gasteiger partial charge is 0.508 e. The third-order valence-electron chi connectivity index (χ3n) is 3.05. The summed E-state index contributed by atoms with van der Waals surface area (Å²) in [6.07, 6.45) is 5.17. The minimum Gasteiger partial charge on any atom is -0.508 e. The highest BCUT2D eigenvalue weighted by atomic mass is 16.3. The molecular weight excluding hydrogens is 188 g/mol. The molecule has 82 valence electrons. The molecular formula is C12H18N2O. The van der Waals surface area contributed by atoms with Crippen molar-refractivity contribution in [3.8, 4) is 5.75 Å². The number of nitrogens with one attached hydrogen (secondary N) is 1. The minimum absolute atomic E-state index is 0.292. The molecule has 0 bridgehead atoms. The molecule has 1 aliphatic carbocycles. The van der Waals surface area contributed by atoms with Gasteiger partial charge in [0.25, 0.3) is 0 Å². The lowest BCUT2D eigenvalue weighted by molar-refractivity contribution is 0.456. The van der Waals surface area contributed by atoms with Crippen LogP contribution in [0.25, 0.3) is 0 Å². The average molecular weight is 206 g/mol. The summed E-state index contributed by atoms with van der Waals surface area (Å²) in [5.41, 5.74) is 7.10. The van der Waals surface area contributed by atoms with Crippen LogP contribution in [0.15, 0.2) is 18.2 Å². The molecule has 1 aromatic rings. The van der Waals surface area contributed by atoms with Crippen LogP contribution in [0.4, 0.5) is 5.69 Å². The number of phenolic OH excluding ortho intramolecular Hbond substituents is 1. The molecule has 2 rings (SSSR count). The Bertz CT molecular complexity index is 332. The van der Waals surface area contributed by atoms with E-state index in [1.54, 1.807) is 6.07 Å². The summed E-state index contributed by atoms with van der Waals surface area (Å²) in [5.74, 6) is 0.292. The minimum atomic E-state index is 0.292. The summed E-state index contributed by atoms with van der Waals surface area (Å²) in [5, 5.41) is 13.1. The average Bonchev–Trinajstić information content (AvgIpc) is 2.69. The molecule has 0 atom stereocenters. The summed E-state index contributed by atoms with van der Waals surface area (Å²) in [7, 11) is 0. The second-order valence-electron chi connectivity index (χ2n) is 4.25. The predicted molar refractivity (Wildman–Crippen MR) is 61.6 cm³/mol. The van der Waals surface area contributed by atoms with Crippen molar-refractivity contribution in [1.29, 1.82) is 0 Å². The molecule has 0 aliphatic heterocycles. The van der Waals surface area contributed by atoms with Crippen LogP contribution >= 0.6 is 0 Å². The number of nitrogens with two attached hydrogens (primary N) is 1. The molecule has 4 N–H and O–H groups in total. The van der Waals surface area contributed by atoms with Gasteiger partial charge in [-0.1, -0.05) is 18.9 Å². The smallest absolute Gasteiger partial charge is 0.122 e. The van der Waals surface area contributed by atoms with Crippen LogP contribution in [-0.4, -0.2) is 11.1 Å². The molecule has 0 saturated heterocycles. The summed E-state index contributed by atoms with van der Waals surface area (Å²) in [6, 6.07) is 5.94. The maximum atomic E-state index is 9.65. The first-order valence-electron chi connectivity index (χ1n) is 5.56. The number of nitrogen functional groups attached to an aromatic ring is 1. The van der Waals surface area contributed by atoms with Crippen LogP contribution in [-0.2, 0) is 6.54 Å². The van der Waals surface area contributed by atoms with E-state index in [-0.39, 0.29) is 0 Å². The topological polar surface area (TPSA) is 58.3 Å². The van der Waals surface area contributed by atoms with Crippen LogP contribution in [0.3, 0.4) is 0 Å². The van der Waals surface area contributed by atoms with Gasteiger partial charge in [-0.3, -0.25) is 0 Å². The fraction of sp³-hybridized carbons (Fsp3) is 0.500. The van der Waals surface area contributed by atoms with Crippen molar-refractivity contribution in [3.63, 3.8) is 0 Å². The van der Waals surface area contributed by atoms with Crippen molar-refractivity contribution in [2.75, 3.05) is 5.73 Å². The Labute approximate surface area is 90.3 Å². The molecule has 1 aromatic carbocycles. The molecule has 1 fully saturated rings. The Morgan fingerprint density at radius 1 is 1.33 bits per heavy atom. The Morgan fingerprint density at radius 3 is 2.73 bits per heavy atom. The van der Waals surface area contributed by atoms with Crippen LogP contribution in [0.5, 0.6) is 5.75 Å². The molecule has 3 heteroatoms. The van der Waals surface area contributed by atoms with E-state index < -0.39 is 0 Å². The Balaban J connectivity index is 1.92. The van der Waals surface area contributed by atoms with Gasteiger partial charge in [-0.2, -0.15) is 0 Å². The first-order valence-corrected chi connectivity index (χ1v) is 5.56. The second-order valence-corrected chi connectivity index (χ2v) is 4.25. The zero-order valence-corrected chi connectivity index (χ0v) is 8.87. The van der Waals surface area contributed by atoms with Gasteiger partial charge in [0.1, 0.15) is 5.75 Å². The maximum absolute atomic E-state index is 9.65. The highest BCUT2D eigenvalue weighted by molar-refractivity contribution is 5.47. The first kappa shape index (κ1) is 10.3. The third kappa shape index (κ3) is 2.63. The highest BCUT2D eigenvalue weighted by Gasteiger charge is 2.14. The lowest BCUT2D eigenvalue weighted by Gasteiger charge is -2.12. The Hall–Kier alpha value is -1.22. The molecule has 0 heterocycles. The summed E-state index contributed by atoms with van der Waals surface area (Å²) in [6.45, 7) is 0.733. The number of anilines is 1. The van der Waals surface area contributed by atoms with Gasteiger partial charge in [0.2, 0.25) is 0 Å². The van der Waals surface area contributed by atoms with Crippen molar-refractivity contribution in [1.82, 2.24) is 5.32 Å². The molecule has 15 heavy (non-hydrogen) atoms. The van der Waals surface area contributed by atoms with Gasteiger partial charge in [0, 0.05) is 29.9 Å². The van der Waals surface area contributed by atoms with Gasteiger partial charge in [0.05, 0.1) is 0 Å². The number of hydrogen-bond donors (Lipinski definition) is 3. The number of benzene rings is 1. The van der Waals surface area contributed by atoms with E-state index in [1.165, 1.54) is 25.7 Å². The fourth-order valence-corrected chi connectivity index (χ4v) is 2.11. The normalized spacial score (nSPS) is 17.1. The molecule has 0 amide bonds. The number of rotatable bonds is 3. The standard InChI is InChI=1S/C12H18N2O/c13-10-6-5-9(12(15)7-10)8-14-11-3-1-2-4-11/h5-7,11,14-15H,1-4,8,13H2. The van der Waals surface area contributed by atoms with Crippen molar-refractivity contribution in [3.05, 3.63) is 23.8 Å². The maximum Gasteiger partial charge on any atom is 0.122 e. The van der Waals surface area contributed by atoms with E-state index in [4.69, 9.17) is 5.73 Å². The summed E-state index contributed by atoms with van der Waals surface area (Å²) < 4.78 is 0. The second kappa shape index (κ2) is 4.53. The predicted octanol–water partition coefficient (Wildman–Crippen LogP) is 2.01. The van der Waals surface area contributed by atoms with E-state index in [9.17, 15) is 5.11 Å². The van der Waals surface area contributed by atoms with E-state index >= 15 is 0 Å². The third-order valence-corrected chi connectivity index (χ3v) is 3.05. The van der Waals surface area contributed by atoms with E-state index in [1.807, 2.05) is 12.1 Å². The van der Waals surface area contributed by atoms with Crippen LogP contribution in [0.2, 0.25) is 0 Å². The van der Waals surface area contributed by atoms with E-state index in [0.29, 0.717) is 17.5 Å². The number of aromatic hydroxyl groups is 1. The molecule has 0 aromatic heterocycles. The van der Waals surface area contributed by atoms with Gasteiger partial charge in [-0.25, -0.2) is 0 Å². The molecule has 1 saturated carbocycles. The van der Waals surface area contributed by atoms with Crippen molar-refractivity contribution in [2.45, 2.75) is 38.3 Å².